The minimum atomic E-state index is 0. The third kappa shape index (κ3) is 4.00. The summed E-state index contributed by atoms with van der Waals surface area (Å²) >= 11 is 0. The number of hydrogen-bond donors (Lipinski definition) is 2. The van der Waals surface area contributed by atoms with Gasteiger partial charge >= 0.3 is 0 Å². The van der Waals surface area contributed by atoms with E-state index < -0.39 is 0 Å². The van der Waals surface area contributed by atoms with Gasteiger partial charge in [0, 0.05) is 24.8 Å². The van der Waals surface area contributed by atoms with Crippen LogP contribution in [0.4, 0.5) is 5.69 Å². The van der Waals surface area contributed by atoms with E-state index >= 15 is 0 Å². The van der Waals surface area contributed by atoms with Crippen molar-refractivity contribution >= 4 is 24.0 Å². The van der Waals surface area contributed by atoms with E-state index in [4.69, 9.17) is 0 Å². The lowest BCUT2D eigenvalue weighted by molar-refractivity contribution is -0.117. The second kappa shape index (κ2) is 7.44. The summed E-state index contributed by atoms with van der Waals surface area (Å²) in [6.45, 7) is 7.80. The number of amides is 1. The highest BCUT2D eigenvalue weighted by atomic mass is 35.5. The maximum absolute atomic E-state index is 12.3. The van der Waals surface area contributed by atoms with Crippen LogP contribution in [-0.2, 0) is 4.79 Å². The Hall–Kier alpha value is -1.10. The van der Waals surface area contributed by atoms with Crippen LogP contribution in [0.3, 0.4) is 0 Å². The maximum Gasteiger partial charge on any atom is 0.238 e. The second-order valence-electron chi connectivity index (χ2n) is 6.50. The van der Waals surface area contributed by atoms with Crippen LogP contribution in [0.1, 0.15) is 24.0 Å². The molecule has 4 nitrogen and oxygen atoms in total. The number of carbonyl (C=O) groups is 1. The Balaban J connectivity index is 0.00000176. The number of aryl methyl sites for hydroxylation is 2. The summed E-state index contributed by atoms with van der Waals surface area (Å²) in [6.07, 6.45) is 2.42. The van der Waals surface area contributed by atoms with Gasteiger partial charge in [0.25, 0.3) is 0 Å². The number of rotatable bonds is 3. The molecule has 2 saturated heterocycles. The summed E-state index contributed by atoms with van der Waals surface area (Å²) in [4.78, 5) is 14.6. The number of benzene rings is 1. The molecule has 22 heavy (non-hydrogen) atoms. The van der Waals surface area contributed by atoms with Gasteiger partial charge in [0.15, 0.2) is 0 Å². The van der Waals surface area contributed by atoms with Gasteiger partial charge in [-0.05, 0) is 56.3 Å². The zero-order valence-corrected chi connectivity index (χ0v) is 14.2. The molecule has 2 heterocycles. The lowest BCUT2D eigenvalue weighted by atomic mass is 9.93. The van der Waals surface area contributed by atoms with E-state index in [0.29, 0.717) is 12.6 Å². The van der Waals surface area contributed by atoms with Crippen LogP contribution in [0.25, 0.3) is 0 Å². The maximum atomic E-state index is 12.3. The summed E-state index contributed by atoms with van der Waals surface area (Å²) in [7, 11) is 0. The SMILES string of the molecule is Cc1ccc(C)c(NC(=O)CN2CCC3NCCC3C2)c1.Cl. The van der Waals surface area contributed by atoms with Crippen LogP contribution in [-0.4, -0.2) is 43.0 Å². The largest absolute Gasteiger partial charge is 0.325 e. The monoisotopic (exact) mass is 323 g/mol. The van der Waals surface area contributed by atoms with Crippen molar-refractivity contribution in [3.63, 3.8) is 0 Å². The average Bonchev–Trinajstić information content (AvgIpc) is 2.90. The van der Waals surface area contributed by atoms with E-state index in [1.165, 1.54) is 18.4 Å². The van der Waals surface area contributed by atoms with Gasteiger partial charge in [0.1, 0.15) is 0 Å². The molecule has 0 spiro atoms. The van der Waals surface area contributed by atoms with Crippen LogP contribution >= 0.6 is 12.4 Å². The van der Waals surface area contributed by atoms with E-state index in [0.717, 1.165) is 36.8 Å². The van der Waals surface area contributed by atoms with E-state index in [1.54, 1.807) is 0 Å². The Kier molecular flexibility index (Phi) is 5.84. The molecule has 122 valence electrons. The normalized spacial score (nSPS) is 24.5. The predicted octanol–water partition coefficient (Wildman–Crippen LogP) is 2.35. The number of nitrogens with one attached hydrogen (secondary N) is 2. The van der Waals surface area contributed by atoms with Crippen molar-refractivity contribution in [2.45, 2.75) is 32.7 Å². The number of anilines is 1. The van der Waals surface area contributed by atoms with E-state index in [9.17, 15) is 4.79 Å². The minimum Gasteiger partial charge on any atom is -0.325 e. The molecule has 0 radical (unpaired) electrons. The highest BCUT2D eigenvalue weighted by Crippen LogP contribution is 2.24. The van der Waals surface area contributed by atoms with Crippen molar-refractivity contribution in [2.75, 3.05) is 31.5 Å². The zero-order chi connectivity index (χ0) is 14.8. The van der Waals surface area contributed by atoms with Crippen molar-refractivity contribution in [2.24, 2.45) is 5.92 Å². The number of nitrogens with zero attached hydrogens (tertiary/aromatic N) is 1. The van der Waals surface area contributed by atoms with Crippen molar-refractivity contribution in [3.05, 3.63) is 29.3 Å². The van der Waals surface area contributed by atoms with Gasteiger partial charge < -0.3 is 10.6 Å². The molecule has 1 aromatic carbocycles. The summed E-state index contributed by atoms with van der Waals surface area (Å²) < 4.78 is 0. The van der Waals surface area contributed by atoms with Crippen LogP contribution < -0.4 is 10.6 Å². The summed E-state index contributed by atoms with van der Waals surface area (Å²) in [5.41, 5.74) is 3.24. The molecular weight excluding hydrogens is 298 g/mol. The van der Waals surface area contributed by atoms with Gasteiger partial charge in [0.05, 0.1) is 6.54 Å². The highest BCUT2D eigenvalue weighted by Gasteiger charge is 2.32. The lowest BCUT2D eigenvalue weighted by Gasteiger charge is -2.34. The molecular formula is C17H26ClN3O. The summed E-state index contributed by atoms with van der Waals surface area (Å²) in [6, 6.07) is 6.85. The Morgan fingerprint density at radius 3 is 3.00 bits per heavy atom. The first kappa shape index (κ1) is 17.3. The smallest absolute Gasteiger partial charge is 0.238 e. The first-order valence-electron chi connectivity index (χ1n) is 7.94. The van der Waals surface area contributed by atoms with Crippen LogP contribution in [0.5, 0.6) is 0 Å². The number of piperidine rings is 1. The Labute approximate surface area is 139 Å². The third-order valence-corrected chi connectivity index (χ3v) is 4.77. The fourth-order valence-corrected chi connectivity index (χ4v) is 3.53. The van der Waals surface area contributed by atoms with Crippen LogP contribution in [0, 0.1) is 19.8 Å². The molecule has 2 atom stereocenters. The molecule has 3 rings (SSSR count). The standard InChI is InChI=1S/C17H25N3O.ClH/c1-12-3-4-13(2)16(9-12)19-17(21)11-20-8-6-15-14(10-20)5-7-18-15;/h3-4,9,14-15,18H,5-8,10-11H2,1-2H3,(H,19,21);1H. The topological polar surface area (TPSA) is 44.4 Å². The second-order valence-corrected chi connectivity index (χ2v) is 6.50. The third-order valence-electron chi connectivity index (χ3n) is 4.77. The Bertz CT molecular complexity index is 535. The van der Waals surface area contributed by atoms with Gasteiger partial charge in [-0.2, -0.15) is 0 Å². The van der Waals surface area contributed by atoms with Gasteiger partial charge in [-0.3, -0.25) is 9.69 Å². The molecule has 0 aromatic heterocycles. The van der Waals surface area contributed by atoms with E-state index in [1.807, 2.05) is 19.9 Å². The first-order chi connectivity index (χ1) is 10.1. The molecule has 0 aliphatic carbocycles. The molecule has 0 saturated carbocycles. The average molecular weight is 324 g/mol. The van der Waals surface area contributed by atoms with Crippen LogP contribution in [0.2, 0.25) is 0 Å². The molecule has 1 amide bonds. The van der Waals surface area contributed by atoms with Gasteiger partial charge in [-0.1, -0.05) is 12.1 Å². The molecule has 2 aliphatic rings. The van der Waals surface area contributed by atoms with Crippen molar-refractivity contribution in [1.82, 2.24) is 10.2 Å². The quantitative estimate of drug-likeness (QED) is 0.897. The summed E-state index contributed by atoms with van der Waals surface area (Å²) in [5, 5.41) is 6.62. The molecule has 2 unspecified atom stereocenters. The lowest BCUT2D eigenvalue weighted by Crippen LogP contribution is -2.46. The number of fused-ring (bicyclic) bond motifs is 1. The van der Waals surface area contributed by atoms with Crippen molar-refractivity contribution < 1.29 is 4.79 Å². The number of halogens is 1. The molecule has 5 heteroatoms. The Morgan fingerprint density at radius 2 is 2.18 bits per heavy atom. The van der Waals surface area contributed by atoms with Gasteiger partial charge in [-0.25, -0.2) is 0 Å². The number of carbonyl (C=O) groups excluding carboxylic acids is 1. The van der Waals surface area contributed by atoms with Crippen LogP contribution in [0.15, 0.2) is 18.2 Å². The number of hydrogen-bond acceptors (Lipinski definition) is 3. The predicted molar refractivity (Wildman–Crippen MR) is 92.7 cm³/mol. The molecule has 2 aliphatic heterocycles. The van der Waals surface area contributed by atoms with Gasteiger partial charge in [0.2, 0.25) is 5.91 Å². The molecule has 0 bridgehead atoms. The van der Waals surface area contributed by atoms with Crippen molar-refractivity contribution in [3.8, 4) is 0 Å². The van der Waals surface area contributed by atoms with E-state index in [-0.39, 0.29) is 18.3 Å². The van der Waals surface area contributed by atoms with Gasteiger partial charge in [-0.15, -0.1) is 12.4 Å². The fourth-order valence-electron chi connectivity index (χ4n) is 3.53. The molecule has 2 fully saturated rings. The first-order valence-corrected chi connectivity index (χ1v) is 7.94. The molecule has 1 aromatic rings. The zero-order valence-electron chi connectivity index (χ0n) is 13.4. The minimum absolute atomic E-state index is 0. The van der Waals surface area contributed by atoms with Crippen molar-refractivity contribution in [1.29, 1.82) is 0 Å². The van der Waals surface area contributed by atoms with E-state index in [2.05, 4.69) is 27.7 Å². The molecule has 2 N–H and O–H groups in total. The summed E-state index contributed by atoms with van der Waals surface area (Å²) in [5.74, 6) is 0.834. The fraction of sp³-hybridized carbons (Fsp3) is 0.588. The Morgan fingerprint density at radius 1 is 1.36 bits per heavy atom. The highest BCUT2D eigenvalue weighted by molar-refractivity contribution is 5.93. The number of likely N-dealkylation sites (tertiary alicyclic amines) is 1.